The first-order chi connectivity index (χ1) is 14.4. The number of hydrogen-bond donors (Lipinski definition) is 1. The number of tetrazole rings is 1. The highest BCUT2D eigenvalue weighted by Gasteiger charge is 2.66. The molecule has 1 aromatic heterocycles. The summed E-state index contributed by atoms with van der Waals surface area (Å²) < 4.78 is 6.90. The number of halogens is 1. The summed E-state index contributed by atoms with van der Waals surface area (Å²) >= 11 is 9.61. The van der Waals surface area contributed by atoms with Crippen LogP contribution in [0.3, 0.4) is 0 Å². The maximum Gasteiger partial charge on any atom is 0.284 e. The fraction of sp³-hybridized carbons (Fsp3) is 0.533. The molecule has 3 heterocycles. The second-order valence-electron chi connectivity index (χ2n) is 6.08. The number of methoxy groups -OCH3 is 1. The van der Waals surface area contributed by atoms with Crippen molar-refractivity contribution in [3.63, 3.8) is 0 Å². The summed E-state index contributed by atoms with van der Waals surface area (Å²) in [5.74, 6) is -0.0831. The van der Waals surface area contributed by atoms with E-state index in [9.17, 15) is 14.4 Å². The zero-order valence-corrected chi connectivity index (χ0v) is 19.0. The van der Waals surface area contributed by atoms with E-state index in [0.717, 1.165) is 11.8 Å². The van der Waals surface area contributed by atoms with Crippen LogP contribution in [0, 0.1) is 11.3 Å². The lowest BCUT2D eigenvalue weighted by Gasteiger charge is -2.56. The van der Waals surface area contributed by atoms with Crippen LogP contribution in [0.1, 0.15) is 0 Å². The molecule has 0 bridgehead atoms. The van der Waals surface area contributed by atoms with Crippen molar-refractivity contribution in [2.45, 2.75) is 16.3 Å². The lowest BCUT2D eigenvalue weighted by atomic mass is 9.98. The highest BCUT2D eigenvalue weighted by atomic mass is 35.5. The standard InChI is InChI=1S/C15H16ClN7O4S3/c1-22-14(19-20-21-22)30-6-8-5-29-13-15(27-2,18-9(24)7-28-4-3-17)12(26)23(13)10(8)11(16)25/h13H,4-7H2,1-2H3,(H,18,24). The lowest BCUT2D eigenvalue weighted by Crippen LogP contribution is -2.80. The number of allylic oxidation sites excluding steroid dienone is 1. The second-order valence-corrected chi connectivity index (χ2v) is 9.42. The van der Waals surface area contributed by atoms with Crippen LogP contribution in [-0.4, -0.2) is 83.4 Å². The predicted molar refractivity (Wildman–Crippen MR) is 111 cm³/mol. The Balaban J connectivity index is 1.78. The first-order valence-electron chi connectivity index (χ1n) is 8.38. The second kappa shape index (κ2) is 9.56. The van der Waals surface area contributed by atoms with Gasteiger partial charge in [0.05, 0.1) is 17.6 Å². The van der Waals surface area contributed by atoms with Crippen molar-refractivity contribution in [2.75, 3.05) is 30.1 Å². The van der Waals surface area contributed by atoms with E-state index in [1.54, 1.807) is 7.05 Å². The molecule has 30 heavy (non-hydrogen) atoms. The Morgan fingerprint density at radius 1 is 1.53 bits per heavy atom. The summed E-state index contributed by atoms with van der Waals surface area (Å²) in [6.45, 7) is 0. The summed E-state index contributed by atoms with van der Waals surface area (Å²) in [5.41, 5.74) is -0.828. The van der Waals surface area contributed by atoms with E-state index in [1.807, 2.05) is 6.07 Å². The number of nitrogens with zero attached hydrogens (tertiary/aromatic N) is 6. The van der Waals surface area contributed by atoms with Crippen molar-refractivity contribution in [1.82, 2.24) is 30.4 Å². The Kier molecular flexibility index (Phi) is 7.30. The molecule has 2 unspecified atom stereocenters. The minimum Gasteiger partial charge on any atom is -0.348 e. The van der Waals surface area contributed by atoms with E-state index in [1.165, 1.54) is 40.2 Å². The average Bonchev–Trinajstić information content (AvgIpc) is 3.14. The molecule has 0 saturated carbocycles. The highest BCUT2D eigenvalue weighted by molar-refractivity contribution is 8.01. The molecule has 1 N–H and O–H groups in total. The normalized spacial score (nSPS) is 22.9. The van der Waals surface area contributed by atoms with Crippen LogP contribution in [0.4, 0.5) is 0 Å². The molecule has 2 aliphatic rings. The Hall–Kier alpha value is -1.79. The molecule has 1 fully saturated rings. The van der Waals surface area contributed by atoms with Crippen LogP contribution in [0.15, 0.2) is 16.4 Å². The lowest BCUT2D eigenvalue weighted by molar-refractivity contribution is -0.190. The van der Waals surface area contributed by atoms with Crippen LogP contribution >= 0.6 is 46.9 Å². The number of amides is 2. The van der Waals surface area contributed by atoms with Gasteiger partial charge in [0.1, 0.15) is 11.1 Å². The van der Waals surface area contributed by atoms with Crippen molar-refractivity contribution in [2.24, 2.45) is 7.05 Å². The summed E-state index contributed by atoms with van der Waals surface area (Å²) in [6, 6.07) is 1.93. The number of carbonyl (C=O) groups excluding carboxylic acids is 3. The Labute approximate surface area is 189 Å². The van der Waals surface area contributed by atoms with E-state index < -0.39 is 28.2 Å². The van der Waals surface area contributed by atoms with Gasteiger partial charge in [-0.05, 0) is 27.6 Å². The van der Waals surface area contributed by atoms with Crippen molar-refractivity contribution < 1.29 is 19.1 Å². The molecule has 2 aliphatic heterocycles. The monoisotopic (exact) mass is 489 g/mol. The number of nitriles is 1. The van der Waals surface area contributed by atoms with Gasteiger partial charge in [0.2, 0.25) is 11.1 Å². The van der Waals surface area contributed by atoms with Crippen LogP contribution < -0.4 is 5.32 Å². The minimum atomic E-state index is -1.58. The average molecular weight is 490 g/mol. The molecule has 11 nitrogen and oxygen atoms in total. The highest BCUT2D eigenvalue weighted by Crippen LogP contribution is 2.47. The zero-order chi connectivity index (χ0) is 21.9. The number of thioether (sulfide) groups is 3. The maximum atomic E-state index is 13.0. The van der Waals surface area contributed by atoms with Gasteiger partial charge in [-0.15, -0.1) is 28.6 Å². The SMILES string of the molecule is COC1(NC(=O)CSCC#N)C(=O)N2C(C(=O)Cl)=C(CSc3nnnn3C)CSC21. The van der Waals surface area contributed by atoms with Crippen molar-refractivity contribution >= 4 is 63.9 Å². The van der Waals surface area contributed by atoms with Crippen molar-refractivity contribution in [3.8, 4) is 6.07 Å². The molecule has 1 saturated heterocycles. The maximum absolute atomic E-state index is 13.0. The molecular weight excluding hydrogens is 474 g/mol. The first kappa shape index (κ1) is 22.9. The number of ether oxygens (including phenoxy) is 1. The Morgan fingerprint density at radius 2 is 2.30 bits per heavy atom. The largest absolute Gasteiger partial charge is 0.348 e. The third-order valence-corrected chi connectivity index (χ3v) is 7.75. The van der Waals surface area contributed by atoms with E-state index in [-0.39, 0.29) is 17.2 Å². The van der Waals surface area contributed by atoms with Crippen LogP contribution in [-0.2, 0) is 26.2 Å². The molecule has 3 rings (SSSR count). The van der Waals surface area contributed by atoms with E-state index in [0.29, 0.717) is 22.2 Å². The van der Waals surface area contributed by atoms with Crippen LogP contribution in [0.5, 0.6) is 0 Å². The predicted octanol–water partition coefficient (Wildman–Crippen LogP) is -0.0475. The summed E-state index contributed by atoms with van der Waals surface area (Å²) in [5, 5.41) is 21.5. The van der Waals surface area contributed by atoms with Crippen LogP contribution in [0.25, 0.3) is 0 Å². The van der Waals surface area contributed by atoms with E-state index in [2.05, 4.69) is 20.8 Å². The van der Waals surface area contributed by atoms with Gasteiger partial charge in [-0.1, -0.05) is 11.8 Å². The molecule has 160 valence electrons. The number of fused-ring (bicyclic) bond motifs is 1. The minimum absolute atomic E-state index is 0.00803. The Morgan fingerprint density at radius 3 is 2.90 bits per heavy atom. The molecule has 0 aromatic carbocycles. The topological polar surface area (TPSA) is 143 Å². The molecule has 0 radical (unpaired) electrons. The van der Waals surface area contributed by atoms with Crippen molar-refractivity contribution in [1.29, 1.82) is 5.26 Å². The van der Waals surface area contributed by atoms with Gasteiger partial charge in [0.15, 0.2) is 0 Å². The molecule has 0 aliphatic carbocycles. The quantitative estimate of drug-likeness (QED) is 0.164. The number of β-lactam (4-membered cyclic amide) rings is 1. The summed E-state index contributed by atoms with van der Waals surface area (Å²) in [4.78, 5) is 38.6. The molecule has 1 aromatic rings. The zero-order valence-electron chi connectivity index (χ0n) is 15.8. The molecule has 2 amide bonds. The van der Waals surface area contributed by atoms with Crippen LogP contribution in [0.2, 0.25) is 0 Å². The third-order valence-electron chi connectivity index (χ3n) is 4.30. The summed E-state index contributed by atoms with van der Waals surface area (Å²) in [7, 11) is 3.01. The fourth-order valence-corrected chi connectivity index (χ4v) is 6.06. The number of nitrogens with one attached hydrogen (secondary N) is 1. The number of aromatic nitrogens is 4. The molecule has 2 atom stereocenters. The van der Waals surface area contributed by atoms with Gasteiger partial charge in [-0.3, -0.25) is 19.3 Å². The molecular formula is C15H16ClN7O4S3. The smallest absolute Gasteiger partial charge is 0.284 e. The van der Waals surface area contributed by atoms with E-state index >= 15 is 0 Å². The van der Waals surface area contributed by atoms with E-state index in [4.69, 9.17) is 21.6 Å². The van der Waals surface area contributed by atoms with Gasteiger partial charge in [0, 0.05) is 25.7 Å². The molecule has 0 spiro atoms. The fourth-order valence-electron chi connectivity index (χ4n) is 2.96. The number of aryl methyl sites for hydroxylation is 1. The number of hydrogen-bond acceptors (Lipinski definition) is 11. The third kappa shape index (κ3) is 4.17. The number of rotatable bonds is 9. The van der Waals surface area contributed by atoms with Gasteiger partial charge in [-0.25, -0.2) is 4.68 Å². The first-order valence-corrected chi connectivity index (χ1v) is 12.0. The van der Waals surface area contributed by atoms with Gasteiger partial charge < -0.3 is 10.1 Å². The van der Waals surface area contributed by atoms with Gasteiger partial charge in [0.25, 0.3) is 16.9 Å². The number of carbonyl (C=O) groups is 3. The summed E-state index contributed by atoms with van der Waals surface area (Å²) in [6.07, 6.45) is 0. The van der Waals surface area contributed by atoms with Gasteiger partial charge in [-0.2, -0.15) is 5.26 Å². The molecule has 15 heteroatoms. The Bertz CT molecular complexity index is 949. The van der Waals surface area contributed by atoms with Gasteiger partial charge >= 0.3 is 0 Å². The van der Waals surface area contributed by atoms with Crippen molar-refractivity contribution in [3.05, 3.63) is 11.3 Å².